The molecule has 0 aromatic heterocycles. The second-order valence-corrected chi connectivity index (χ2v) is 5.20. The summed E-state index contributed by atoms with van der Waals surface area (Å²) in [5.41, 5.74) is 1.39. The van der Waals surface area contributed by atoms with Crippen LogP contribution in [0.3, 0.4) is 0 Å². The van der Waals surface area contributed by atoms with Crippen LogP contribution < -0.4 is 14.8 Å². The molecule has 6 heteroatoms. The van der Waals surface area contributed by atoms with E-state index in [4.69, 9.17) is 14.2 Å². The van der Waals surface area contributed by atoms with Crippen LogP contribution in [0.4, 0.5) is 5.69 Å². The van der Waals surface area contributed by atoms with E-state index >= 15 is 0 Å². The van der Waals surface area contributed by atoms with Crippen molar-refractivity contribution in [3.05, 3.63) is 60.2 Å². The molecule has 0 aliphatic heterocycles. The van der Waals surface area contributed by atoms with Gasteiger partial charge in [-0.05, 0) is 42.8 Å². The highest BCUT2D eigenvalue weighted by Crippen LogP contribution is 2.28. The number of para-hydroxylation sites is 1. The number of rotatable bonds is 8. The maximum absolute atomic E-state index is 11.8. The van der Waals surface area contributed by atoms with Gasteiger partial charge < -0.3 is 19.5 Å². The summed E-state index contributed by atoms with van der Waals surface area (Å²) >= 11 is 0. The molecule has 2 aromatic carbocycles. The number of carbonyl (C=O) groups excluding carboxylic acids is 2. The molecule has 0 atom stereocenters. The summed E-state index contributed by atoms with van der Waals surface area (Å²) in [5, 5.41) is 2.63. The number of hydrogen-bond acceptors (Lipinski definition) is 5. The molecule has 1 N–H and O–H groups in total. The fourth-order valence-electron chi connectivity index (χ4n) is 2.13. The molecule has 0 fully saturated rings. The summed E-state index contributed by atoms with van der Waals surface area (Å²) in [6, 6.07) is 14.2. The van der Waals surface area contributed by atoms with Gasteiger partial charge in [0.1, 0.15) is 0 Å². The monoisotopic (exact) mass is 355 g/mol. The first kappa shape index (κ1) is 19.1. The molecule has 1 amide bonds. The van der Waals surface area contributed by atoms with Crippen molar-refractivity contribution < 1.29 is 23.8 Å². The predicted molar refractivity (Wildman–Crippen MR) is 99.2 cm³/mol. The molecule has 6 nitrogen and oxygen atoms in total. The van der Waals surface area contributed by atoms with E-state index in [0.717, 1.165) is 5.56 Å². The first-order valence-electron chi connectivity index (χ1n) is 8.13. The third kappa shape index (κ3) is 5.98. The van der Waals surface area contributed by atoms with Crippen molar-refractivity contribution in [2.45, 2.75) is 6.92 Å². The molecule has 136 valence electrons. The van der Waals surface area contributed by atoms with E-state index in [1.807, 2.05) is 13.0 Å². The Labute approximate surface area is 152 Å². The Bertz CT molecular complexity index is 771. The lowest BCUT2D eigenvalue weighted by Crippen LogP contribution is -2.20. The van der Waals surface area contributed by atoms with Gasteiger partial charge in [0.2, 0.25) is 0 Å². The molecule has 0 radical (unpaired) electrons. The van der Waals surface area contributed by atoms with Crippen molar-refractivity contribution in [1.82, 2.24) is 0 Å². The van der Waals surface area contributed by atoms with Crippen LogP contribution >= 0.6 is 0 Å². The van der Waals surface area contributed by atoms with Crippen LogP contribution in [0.2, 0.25) is 0 Å². The largest absolute Gasteiger partial charge is 0.493 e. The first-order chi connectivity index (χ1) is 12.6. The number of carbonyl (C=O) groups is 2. The zero-order valence-corrected chi connectivity index (χ0v) is 14.7. The lowest BCUT2D eigenvalue weighted by atomic mass is 10.2. The molecule has 0 bridgehead atoms. The van der Waals surface area contributed by atoms with Crippen molar-refractivity contribution in [3.63, 3.8) is 0 Å². The molecule has 0 spiro atoms. The number of amides is 1. The first-order valence-corrected chi connectivity index (χ1v) is 8.13. The molecule has 0 saturated heterocycles. The summed E-state index contributed by atoms with van der Waals surface area (Å²) in [6.07, 6.45) is 2.83. The van der Waals surface area contributed by atoms with E-state index < -0.39 is 11.9 Å². The average Bonchev–Trinajstić information content (AvgIpc) is 2.66. The highest BCUT2D eigenvalue weighted by molar-refractivity contribution is 5.94. The van der Waals surface area contributed by atoms with Gasteiger partial charge in [0.15, 0.2) is 18.1 Å². The number of benzene rings is 2. The van der Waals surface area contributed by atoms with E-state index in [0.29, 0.717) is 23.8 Å². The van der Waals surface area contributed by atoms with Gasteiger partial charge in [0.05, 0.1) is 13.7 Å². The van der Waals surface area contributed by atoms with Crippen LogP contribution in [0.15, 0.2) is 54.6 Å². The number of nitrogens with one attached hydrogen (secondary N) is 1. The number of ether oxygens (including phenoxy) is 3. The molecule has 0 aliphatic carbocycles. The Balaban J connectivity index is 1.86. The third-order valence-corrected chi connectivity index (χ3v) is 3.30. The Morgan fingerprint density at radius 1 is 1.08 bits per heavy atom. The standard InChI is InChI=1S/C20H21NO5/c1-3-25-17-11-9-15(13-18(17)24-2)10-12-20(23)26-14-19(22)21-16-7-5-4-6-8-16/h4-13H,3,14H2,1-2H3,(H,21,22)/b12-10+. The second kappa shape index (κ2) is 9.88. The molecule has 26 heavy (non-hydrogen) atoms. The lowest BCUT2D eigenvalue weighted by molar-refractivity contribution is -0.142. The summed E-state index contributed by atoms with van der Waals surface area (Å²) in [6.45, 7) is 2.06. The molecule has 2 aromatic rings. The van der Waals surface area contributed by atoms with Gasteiger partial charge in [0, 0.05) is 11.8 Å². The van der Waals surface area contributed by atoms with Crippen molar-refractivity contribution in [2.75, 3.05) is 25.6 Å². The van der Waals surface area contributed by atoms with E-state index in [-0.39, 0.29) is 6.61 Å². The van der Waals surface area contributed by atoms with E-state index in [1.54, 1.807) is 55.7 Å². The molecule has 0 unspecified atom stereocenters. The highest BCUT2D eigenvalue weighted by Gasteiger charge is 2.07. The zero-order chi connectivity index (χ0) is 18.8. The van der Waals surface area contributed by atoms with Crippen LogP contribution in [0.1, 0.15) is 12.5 Å². The lowest BCUT2D eigenvalue weighted by Gasteiger charge is -2.09. The zero-order valence-electron chi connectivity index (χ0n) is 14.7. The summed E-state index contributed by atoms with van der Waals surface area (Å²) < 4.78 is 15.6. The van der Waals surface area contributed by atoms with Crippen molar-refractivity contribution in [1.29, 1.82) is 0 Å². The van der Waals surface area contributed by atoms with Crippen LogP contribution in [0.5, 0.6) is 11.5 Å². The number of methoxy groups -OCH3 is 1. The Morgan fingerprint density at radius 3 is 2.54 bits per heavy atom. The number of hydrogen-bond donors (Lipinski definition) is 1. The van der Waals surface area contributed by atoms with Crippen LogP contribution in [-0.4, -0.2) is 32.2 Å². The number of esters is 1. The second-order valence-electron chi connectivity index (χ2n) is 5.20. The maximum atomic E-state index is 11.8. The van der Waals surface area contributed by atoms with Gasteiger partial charge in [-0.2, -0.15) is 0 Å². The highest BCUT2D eigenvalue weighted by atomic mass is 16.5. The average molecular weight is 355 g/mol. The Hall–Kier alpha value is -3.28. The van der Waals surface area contributed by atoms with Gasteiger partial charge in [-0.3, -0.25) is 4.79 Å². The van der Waals surface area contributed by atoms with E-state index in [9.17, 15) is 9.59 Å². The third-order valence-electron chi connectivity index (χ3n) is 3.30. The normalized spacial score (nSPS) is 10.4. The summed E-state index contributed by atoms with van der Waals surface area (Å²) in [4.78, 5) is 23.5. The topological polar surface area (TPSA) is 73.9 Å². The minimum atomic E-state index is -0.610. The molecular weight excluding hydrogens is 334 g/mol. The molecule has 2 rings (SSSR count). The van der Waals surface area contributed by atoms with Crippen molar-refractivity contribution in [3.8, 4) is 11.5 Å². The smallest absolute Gasteiger partial charge is 0.331 e. The fraction of sp³-hybridized carbons (Fsp3) is 0.200. The Morgan fingerprint density at radius 2 is 1.85 bits per heavy atom. The molecule has 0 aliphatic rings. The van der Waals surface area contributed by atoms with Gasteiger partial charge in [0.25, 0.3) is 5.91 Å². The predicted octanol–water partition coefficient (Wildman–Crippen LogP) is 3.29. The summed E-state index contributed by atoms with van der Waals surface area (Å²) in [5.74, 6) is 0.193. The van der Waals surface area contributed by atoms with Crippen molar-refractivity contribution in [2.24, 2.45) is 0 Å². The van der Waals surface area contributed by atoms with Crippen LogP contribution in [0, 0.1) is 0 Å². The minimum Gasteiger partial charge on any atom is -0.493 e. The molecule has 0 heterocycles. The van der Waals surface area contributed by atoms with Gasteiger partial charge in [-0.15, -0.1) is 0 Å². The van der Waals surface area contributed by atoms with Crippen LogP contribution in [0.25, 0.3) is 6.08 Å². The Kier molecular flexibility index (Phi) is 7.24. The fourth-order valence-corrected chi connectivity index (χ4v) is 2.13. The summed E-state index contributed by atoms with van der Waals surface area (Å²) in [7, 11) is 1.55. The SMILES string of the molecule is CCOc1ccc(/C=C/C(=O)OCC(=O)Nc2ccccc2)cc1OC. The van der Waals surface area contributed by atoms with Gasteiger partial charge in [-0.1, -0.05) is 24.3 Å². The quantitative estimate of drug-likeness (QED) is 0.581. The number of anilines is 1. The van der Waals surface area contributed by atoms with Crippen LogP contribution in [-0.2, 0) is 14.3 Å². The van der Waals surface area contributed by atoms with E-state index in [1.165, 1.54) is 6.08 Å². The minimum absolute atomic E-state index is 0.356. The molecular formula is C20H21NO5. The molecule has 0 saturated carbocycles. The van der Waals surface area contributed by atoms with Crippen molar-refractivity contribution >= 4 is 23.6 Å². The van der Waals surface area contributed by atoms with Gasteiger partial charge >= 0.3 is 5.97 Å². The van der Waals surface area contributed by atoms with Gasteiger partial charge in [-0.25, -0.2) is 4.79 Å². The van der Waals surface area contributed by atoms with E-state index in [2.05, 4.69) is 5.32 Å². The maximum Gasteiger partial charge on any atom is 0.331 e.